The fourth-order valence-corrected chi connectivity index (χ4v) is 5.05. The SMILES string of the molecule is O=c1cccc2n1C[C@@H]1C[C@@H]2CN(c2ncnc3c2cnn3-c2ccc(Cl)cc2)C1. The molecule has 8 heteroatoms. The zero-order valence-electron chi connectivity index (χ0n) is 16.1. The maximum absolute atomic E-state index is 12.3. The molecule has 2 atom stereocenters. The third-order valence-electron chi connectivity index (χ3n) is 6.20. The van der Waals surface area contributed by atoms with Gasteiger partial charge < -0.3 is 9.47 Å². The van der Waals surface area contributed by atoms with Gasteiger partial charge in [0.25, 0.3) is 5.56 Å². The normalized spacial score (nSPS) is 20.4. The van der Waals surface area contributed by atoms with Crippen molar-refractivity contribution in [1.29, 1.82) is 0 Å². The Labute approximate surface area is 177 Å². The second kappa shape index (κ2) is 6.67. The number of pyridine rings is 1. The molecule has 1 fully saturated rings. The van der Waals surface area contributed by atoms with Gasteiger partial charge in [0.15, 0.2) is 5.65 Å². The van der Waals surface area contributed by atoms with Crippen LogP contribution in [0.25, 0.3) is 16.7 Å². The number of nitrogens with zero attached hydrogens (tertiary/aromatic N) is 6. The van der Waals surface area contributed by atoms with Crippen LogP contribution < -0.4 is 10.5 Å². The summed E-state index contributed by atoms with van der Waals surface area (Å²) in [6.07, 6.45) is 4.55. The van der Waals surface area contributed by atoms with E-state index in [1.807, 2.05) is 45.8 Å². The van der Waals surface area contributed by atoms with Crippen molar-refractivity contribution < 1.29 is 0 Å². The molecule has 7 nitrogen and oxygen atoms in total. The largest absolute Gasteiger partial charge is 0.355 e. The van der Waals surface area contributed by atoms with Crippen LogP contribution in [0.3, 0.4) is 0 Å². The molecule has 0 N–H and O–H groups in total. The topological polar surface area (TPSA) is 68.8 Å². The zero-order valence-corrected chi connectivity index (χ0v) is 16.9. The van der Waals surface area contributed by atoms with Crippen LogP contribution in [-0.2, 0) is 6.54 Å². The first-order valence-electron chi connectivity index (χ1n) is 10.1. The fraction of sp³-hybridized carbons (Fsp3) is 0.273. The maximum atomic E-state index is 12.3. The number of rotatable bonds is 2. The summed E-state index contributed by atoms with van der Waals surface area (Å²) in [6, 6.07) is 13.1. The van der Waals surface area contributed by atoms with Gasteiger partial charge in [0.05, 0.1) is 17.3 Å². The van der Waals surface area contributed by atoms with Gasteiger partial charge >= 0.3 is 0 Å². The van der Waals surface area contributed by atoms with Gasteiger partial charge in [0, 0.05) is 42.3 Å². The molecule has 0 saturated carbocycles. The molecule has 0 radical (unpaired) electrons. The van der Waals surface area contributed by atoms with Gasteiger partial charge in [0.1, 0.15) is 12.1 Å². The predicted octanol–water partition coefficient (Wildman–Crippen LogP) is 3.25. The van der Waals surface area contributed by atoms with E-state index in [-0.39, 0.29) is 5.56 Å². The first-order valence-corrected chi connectivity index (χ1v) is 10.4. The smallest absolute Gasteiger partial charge is 0.250 e. The lowest BCUT2D eigenvalue weighted by Crippen LogP contribution is -2.47. The number of anilines is 1. The molecule has 2 bridgehead atoms. The van der Waals surface area contributed by atoms with Crippen molar-refractivity contribution in [3.05, 3.63) is 76.1 Å². The Kier molecular flexibility index (Phi) is 3.92. The van der Waals surface area contributed by atoms with E-state index in [4.69, 9.17) is 11.6 Å². The Morgan fingerprint density at radius 3 is 2.73 bits per heavy atom. The summed E-state index contributed by atoms with van der Waals surface area (Å²) in [7, 11) is 0. The number of aromatic nitrogens is 5. The molecular formula is C22H19ClN6O. The van der Waals surface area contributed by atoms with Crippen molar-refractivity contribution in [2.24, 2.45) is 5.92 Å². The van der Waals surface area contributed by atoms with E-state index >= 15 is 0 Å². The third-order valence-corrected chi connectivity index (χ3v) is 6.45. The summed E-state index contributed by atoms with van der Waals surface area (Å²) >= 11 is 6.03. The summed E-state index contributed by atoms with van der Waals surface area (Å²) in [5.74, 6) is 1.65. The number of halogens is 1. The predicted molar refractivity (Wildman–Crippen MR) is 115 cm³/mol. The fourth-order valence-electron chi connectivity index (χ4n) is 4.92. The highest BCUT2D eigenvalue weighted by Crippen LogP contribution is 2.38. The molecule has 5 heterocycles. The molecule has 4 aromatic rings. The van der Waals surface area contributed by atoms with E-state index in [2.05, 4.69) is 26.0 Å². The summed E-state index contributed by atoms with van der Waals surface area (Å²) in [4.78, 5) is 23.7. The highest BCUT2D eigenvalue weighted by molar-refractivity contribution is 6.30. The number of hydrogen-bond acceptors (Lipinski definition) is 5. The first kappa shape index (κ1) is 17.7. The minimum absolute atomic E-state index is 0.101. The van der Waals surface area contributed by atoms with Gasteiger partial charge in [-0.25, -0.2) is 14.6 Å². The van der Waals surface area contributed by atoms with E-state index in [9.17, 15) is 4.79 Å². The van der Waals surface area contributed by atoms with Crippen LogP contribution in [0.2, 0.25) is 5.02 Å². The lowest BCUT2D eigenvalue weighted by Gasteiger charge is -2.43. The van der Waals surface area contributed by atoms with E-state index in [1.165, 1.54) is 0 Å². The van der Waals surface area contributed by atoms with Crippen molar-refractivity contribution >= 4 is 28.5 Å². The van der Waals surface area contributed by atoms with Crippen LogP contribution in [0.5, 0.6) is 0 Å². The molecule has 30 heavy (non-hydrogen) atoms. The van der Waals surface area contributed by atoms with Crippen molar-refractivity contribution in [2.75, 3.05) is 18.0 Å². The number of hydrogen-bond donors (Lipinski definition) is 0. The lowest BCUT2D eigenvalue weighted by molar-refractivity contribution is 0.281. The molecule has 2 aliphatic rings. The minimum atomic E-state index is 0.101. The van der Waals surface area contributed by atoms with E-state index in [0.29, 0.717) is 16.9 Å². The van der Waals surface area contributed by atoms with E-state index in [1.54, 1.807) is 12.4 Å². The first-order chi connectivity index (χ1) is 14.7. The second-order valence-corrected chi connectivity index (χ2v) is 8.51. The van der Waals surface area contributed by atoms with Crippen LogP contribution >= 0.6 is 11.6 Å². The molecular weight excluding hydrogens is 400 g/mol. The Morgan fingerprint density at radius 1 is 1.00 bits per heavy atom. The molecule has 0 amide bonds. The number of piperidine rings is 1. The van der Waals surface area contributed by atoms with Crippen LogP contribution in [0.15, 0.2) is 59.8 Å². The van der Waals surface area contributed by atoms with Crippen LogP contribution in [0, 0.1) is 5.92 Å². The van der Waals surface area contributed by atoms with E-state index in [0.717, 1.165) is 54.3 Å². The van der Waals surface area contributed by atoms with Gasteiger partial charge in [-0.2, -0.15) is 5.10 Å². The van der Waals surface area contributed by atoms with Gasteiger partial charge in [0.2, 0.25) is 0 Å². The zero-order chi connectivity index (χ0) is 20.2. The second-order valence-electron chi connectivity index (χ2n) is 8.07. The van der Waals surface area contributed by atoms with Crippen LogP contribution in [-0.4, -0.2) is 37.4 Å². The average molecular weight is 419 g/mol. The standard InChI is InChI=1S/C22H19ClN6O/c23-16-4-6-17(7-5-16)29-22-18(9-26-29)21(24-13-25-22)27-10-14-8-15(12-27)19-2-1-3-20(30)28(19)11-14/h1-7,9,13-15H,8,10-12H2/t14-,15-/m1/s1. The average Bonchev–Trinajstić information content (AvgIpc) is 3.19. The molecule has 2 aliphatic heterocycles. The lowest BCUT2D eigenvalue weighted by atomic mass is 9.83. The Bertz CT molecular complexity index is 1310. The summed E-state index contributed by atoms with van der Waals surface area (Å²) in [5.41, 5.74) is 2.91. The molecule has 1 aromatic carbocycles. The highest BCUT2D eigenvalue weighted by atomic mass is 35.5. The highest BCUT2D eigenvalue weighted by Gasteiger charge is 2.35. The molecule has 3 aromatic heterocycles. The minimum Gasteiger partial charge on any atom is -0.355 e. The number of benzene rings is 1. The maximum Gasteiger partial charge on any atom is 0.250 e. The quantitative estimate of drug-likeness (QED) is 0.499. The van der Waals surface area contributed by atoms with Crippen molar-refractivity contribution in [2.45, 2.75) is 18.9 Å². The Morgan fingerprint density at radius 2 is 1.87 bits per heavy atom. The third kappa shape index (κ3) is 2.73. The number of fused-ring (bicyclic) bond motifs is 5. The van der Waals surface area contributed by atoms with Gasteiger partial charge in [-0.3, -0.25) is 4.79 Å². The molecule has 0 unspecified atom stereocenters. The molecule has 0 aliphatic carbocycles. The van der Waals surface area contributed by atoms with E-state index < -0.39 is 0 Å². The summed E-state index contributed by atoms with van der Waals surface area (Å²) < 4.78 is 3.76. The van der Waals surface area contributed by atoms with Gasteiger partial charge in [-0.15, -0.1) is 0 Å². The van der Waals surface area contributed by atoms with Crippen LogP contribution in [0.4, 0.5) is 5.82 Å². The van der Waals surface area contributed by atoms with Crippen LogP contribution in [0.1, 0.15) is 18.0 Å². The van der Waals surface area contributed by atoms with Crippen molar-refractivity contribution in [3.8, 4) is 5.69 Å². The Balaban J connectivity index is 1.40. The monoisotopic (exact) mass is 418 g/mol. The van der Waals surface area contributed by atoms with Crippen molar-refractivity contribution in [1.82, 2.24) is 24.3 Å². The van der Waals surface area contributed by atoms with Gasteiger partial charge in [-0.1, -0.05) is 17.7 Å². The molecule has 1 saturated heterocycles. The summed E-state index contributed by atoms with van der Waals surface area (Å²) in [6.45, 7) is 2.47. The summed E-state index contributed by atoms with van der Waals surface area (Å²) in [5, 5.41) is 6.18. The van der Waals surface area contributed by atoms with Gasteiger partial charge in [-0.05, 0) is 42.7 Å². The molecule has 6 rings (SSSR count). The van der Waals surface area contributed by atoms with Crippen molar-refractivity contribution in [3.63, 3.8) is 0 Å². The molecule has 0 spiro atoms. The molecule has 150 valence electrons. The Hall–Kier alpha value is -3.19.